The first-order chi connectivity index (χ1) is 12.5. The van der Waals surface area contributed by atoms with E-state index in [4.69, 9.17) is 16.3 Å². The zero-order valence-electron chi connectivity index (χ0n) is 15.3. The number of hydrogen-bond acceptors (Lipinski definition) is 6. The fraction of sp³-hybridized carbons (Fsp3) is 0.333. The molecule has 0 saturated carbocycles. The van der Waals surface area contributed by atoms with Gasteiger partial charge in [-0.05, 0) is 39.8 Å². The van der Waals surface area contributed by atoms with Gasteiger partial charge in [-0.25, -0.2) is 14.6 Å². The second-order valence-corrected chi connectivity index (χ2v) is 8.08. The van der Waals surface area contributed by atoms with Crippen LogP contribution in [0.1, 0.15) is 38.2 Å². The number of hydrogen-bond donors (Lipinski definition) is 2. The van der Waals surface area contributed by atoms with E-state index in [0.29, 0.717) is 10.0 Å². The minimum Gasteiger partial charge on any atom is -0.448 e. The van der Waals surface area contributed by atoms with Crippen LogP contribution < -0.4 is 10.6 Å². The van der Waals surface area contributed by atoms with Crippen molar-refractivity contribution in [2.75, 3.05) is 0 Å². The van der Waals surface area contributed by atoms with Crippen LogP contribution in [0.4, 0.5) is 4.79 Å². The Morgan fingerprint density at radius 3 is 2.41 bits per heavy atom. The molecule has 0 spiro atoms. The molecule has 1 unspecified atom stereocenters. The number of aromatic nitrogens is 1. The number of halogens is 1. The van der Waals surface area contributed by atoms with Gasteiger partial charge in [-0.15, -0.1) is 11.3 Å². The van der Waals surface area contributed by atoms with E-state index in [1.807, 2.05) is 0 Å². The highest BCUT2D eigenvalue weighted by Gasteiger charge is 2.24. The number of nitrogens with one attached hydrogen (secondary N) is 2. The predicted octanol–water partition coefficient (Wildman–Crippen LogP) is 3.63. The number of rotatable bonds is 4. The Labute approximate surface area is 166 Å². The van der Waals surface area contributed by atoms with Gasteiger partial charge in [-0.1, -0.05) is 23.7 Å². The van der Waals surface area contributed by atoms with Crippen LogP contribution >= 0.6 is 22.9 Å². The van der Waals surface area contributed by atoms with E-state index < -0.39 is 29.6 Å². The molecule has 1 aromatic carbocycles. The van der Waals surface area contributed by atoms with Gasteiger partial charge in [0, 0.05) is 21.5 Å². The summed E-state index contributed by atoms with van der Waals surface area (Å²) in [6.45, 7) is 6.72. The fourth-order valence-corrected chi connectivity index (χ4v) is 2.87. The number of urea groups is 1. The number of thiazole rings is 1. The van der Waals surface area contributed by atoms with Crippen molar-refractivity contribution in [1.29, 1.82) is 0 Å². The summed E-state index contributed by atoms with van der Waals surface area (Å²) in [5.41, 5.74) is 0.403. The summed E-state index contributed by atoms with van der Waals surface area (Å²) >= 11 is 7.13. The van der Waals surface area contributed by atoms with Crippen molar-refractivity contribution >= 4 is 40.8 Å². The van der Waals surface area contributed by atoms with Crippen molar-refractivity contribution in [2.45, 2.75) is 39.3 Å². The fourth-order valence-electron chi connectivity index (χ4n) is 1.95. The van der Waals surface area contributed by atoms with Crippen LogP contribution in [-0.2, 0) is 9.53 Å². The summed E-state index contributed by atoms with van der Waals surface area (Å²) in [6.07, 6.45) is -1.15. The number of imide groups is 1. The topological polar surface area (TPSA) is 97.4 Å². The molecule has 1 heterocycles. The number of amides is 3. The largest absolute Gasteiger partial charge is 0.448 e. The first-order valence-corrected chi connectivity index (χ1v) is 9.36. The van der Waals surface area contributed by atoms with E-state index in [2.05, 4.69) is 15.6 Å². The lowest BCUT2D eigenvalue weighted by Gasteiger charge is -2.21. The van der Waals surface area contributed by atoms with Crippen LogP contribution in [0.5, 0.6) is 0 Å². The molecule has 0 radical (unpaired) electrons. The van der Waals surface area contributed by atoms with Crippen LogP contribution in [0.25, 0.3) is 10.6 Å². The molecule has 27 heavy (non-hydrogen) atoms. The summed E-state index contributed by atoms with van der Waals surface area (Å²) in [6, 6.07) is 6.38. The minimum absolute atomic E-state index is 0.0868. The highest BCUT2D eigenvalue weighted by Crippen LogP contribution is 2.25. The molecule has 9 heteroatoms. The van der Waals surface area contributed by atoms with Crippen molar-refractivity contribution in [2.24, 2.45) is 0 Å². The monoisotopic (exact) mass is 409 g/mol. The Hall–Kier alpha value is -2.45. The number of esters is 1. The molecule has 0 bridgehead atoms. The van der Waals surface area contributed by atoms with Gasteiger partial charge in [0.2, 0.25) is 0 Å². The van der Waals surface area contributed by atoms with E-state index in [1.165, 1.54) is 18.3 Å². The zero-order chi connectivity index (χ0) is 20.2. The lowest BCUT2D eigenvalue weighted by molar-refractivity contribution is -0.127. The summed E-state index contributed by atoms with van der Waals surface area (Å²) in [4.78, 5) is 40.1. The SMILES string of the molecule is CC(OC(=O)c1csc(-c2ccc(Cl)cc2)n1)C(=O)NC(=O)NC(C)(C)C. The summed E-state index contributed by atoms with van der Waals surface area (Å²) < 4.78 is 5.09. The standard InChI is InChI=1S/C18H20ClN3O4S/c1-10(14(23)21-17(25)22-18(2,3)4)26-16(24)13-9-27-15(20-13)11-5-7-12(19)8-6-11/h5-10H,1-4H3,(H2,21,22,23,25). The van der Waals surface area contributed by atoms with Gasteiger partial charge in [0.15, 0.2) is 11.8 Å². The van der Waals surface area contributed by atoms with Crippen LogP contribution in [0, 0.1) is 0 Å². The van der Waals surface area contributed by atoms with Crippen molar-refractivity contribution in [3.05, 3.63) is 40.4 Å². The van der Waals surface area contributed by atoms with Crippen LogP contribution in [0.15, 0.2) is 29.6 Å². The first kappa shape index (κ1) is 20.9. The van der Waals surface area contributed by atoms with Gasteiger partial charge < -0.3 is 10.1 Å². The number of ether oxygens (including phenoxy) is 1. The Balaban J connectivity index is 1.95. The number of nitrogens with zero attached hydrogens (tertiary/aromatic N) is 1. The van der Waals surface area contributed by atoms with E-state index in [9.17, 15) is 14.4 Å². The Morgan fingerprint density at radius 1 is 1.19 bits per heavy atom. The maximum absolute atomic E-state index is 12.2. The van der Waals surface area contributed by atoms with Gasteiger partial charge in [0.1, 0.15) is 5.01 Å². The van der Waals surface area contributed by atoms with Crippen molar-refractivity contribution < 1.29 is 19.1 Å². The smallest absolute Gasteiger partial charge is 0.358 e. The second-order valence-electron chi connectivity index (χ2n) is 6.79. The molecule has 2 rings (SSSR count). The molecule has 144 valence electrons. The van der Waals surface area contributed by atoms with Gasteiger partial charge in [0.25, 0.3) is 5.91 Å². The second kappa shape index (κ2) is 8.49. The third-order valence-corrected chi connectivity index (χ3v) is 4.33. The zero-order valence-corrected chi connectivity index (χ0v) is 16.9. The molecular weight excluding hydrogens is 390 g/mol. The summed E-state index contributed by atoms with van der Waals surface area (Å²) in [7, 11) is 0. The molecule has 0 saturated heterocycles. The molecule has 0 aliphatic carbocycles. The van der Waals surface area contributed by atoms with Gasteiger partial charge >= 0.3 is 12.0 Å². The Bertz CT molecular complexity index is 843. The molecule has 1 aromatic heterocycles. The maximum Gasteiger partial charge on any atom is 0.358 e. The molecule has 2 aromatic rings. The molecule has 2 N–H and O–H groups in total. The Kier molecular flexibility index (Phi) is 6.56. The highest BCUT2D eigenvalue weighted by atomic mass is 35.5. The molecule has 0 aliphatic heterocycles. The van der Waals surface area contributed by atoms with Crippen molar-refractivity contribution in [3.8, 4) is 10.6 Å². The normalized spacial score (nSPS) is 12.2. The highest BCUT2D eigenvalue weighted by molar-refractivity contribution is 7.13. The maximum atomic E-state index is 12.2. The number of carbonyl (C=O) groups is 3. The van der Waals surface area contributed by atoms with Gasteiger partial charge in [0.05, 0.1) is 0 Å². The first-order valence-electron chi connectivity index (χ1n) is 8.10. The summed E-state index contributed by atoms with van der Waals surface area (Å²) in [5.74, 6) is -1.47. The van der Waals surface area contributed by atoms with E-state index in [-0.39, 0.29) is 5.69 Å². The van der Waals surface area contributed by atoms with E-state index in [0.717, 1.165) is 5.56 Å². The van der Waals surface area contributed by atoms with Gasteiger partial charge in [-0.2, -0.15) is 0 Å². The third kappa shape index (κ3) is 6.33. The van der Waals surface area contributed by atoms with Crippen LogP contribution in [-0.4, -0.2) is 34.5 Å². The van der Waals surface area contributed by atoms with Crippen molar-refractivity contribution in [1.82, 2.24) is 15.6 Å². The third-order valence-electron chi connectivity index (χ3n) is 3.18. The average molecular weight is 410 g/mol. The lowest BCUT2D eigenvalue weighted by Crippen LogP contribution is -2.50. The lowest BCUT2D eigenvalue weighted by atomic mass is 10.1. The quantitative estimate of drug-likeness (QED) is 0.751. The Morgan fingerprint density at radius 2 is 1.81 bits per heavy atom. The number of benzene rings is 1. The van der Waals surface area contributed by atoms with E-state index >= 15 is 0 Å². The van der Waals surface area contributed by atoms with Crippen LogP contribution in [0.3, 0.4) is 0 Å². The van der Waals surface area contributed by atoms with E-state index in [1.54, 1.807) is 50.4 Å². The molecule has 7 nitrogen and oxygen atoms in total. The van der Waals surface area contributed by atoms with Crippen LogP contribution in [0.2, 0.25) is 5.02 Å². The molecule has 0 fully saturated rings. The molecular formula is C18H20ClN3O4S. The summed E-state index contributed by atoms with van der Waals surface area (Å²) in [5, 5.41) is 7.49. The molecule has 3 amide bonds. The molecule has 0 aliphatic rings. The average Bonchev–Trinajstić information content (AvgIpc) is 3.03. The van der Waals surface area contributed by atoms with Crippen molar-refractivity contribution in [3.63, 3.8) is 0 Å². The minimum atomic E-state index is -1.15. The molecule has 1 atom stereocenters. The predicted molar refractivity (Wildman–Crippen MR) is 104 cm³/mol. The van der Waals surface area contributed by atoms with Gasteiger partial charge in [-0.3, -0.25) is 10.1 Å². The number of carbonyl (C=O) groups excluding carboxylic acids is 3.